The second-order valence-corrected chi connectivity index (χ2v) is 12.2. The molecule has 1 fully saturated rings. The third-order valence-electron chi connectivity index (χ3n) is 7.62. The molecule has 0 bridgehead atoms. The van der Waals surface area contributed by atoms with Crippen molar-refractivity contribution >= 4 is 22.6 Å². The van der Waals surface area contributed by atoms with Crippen LogP contribution >= 0.6 is 0 Å². The maximum atomic E-state index is 12.9. The lowest BCUT2D eigenvalue weighted by Gasteiger charge is -2.42. The van der Waals surface area contributed by atoms with Crippen molar-refractivity contribution in [3.05, 3.63) is 96.6 Å². The number of hydrogen-bond acceptors (Lipinski definition) is 7. The molecule has 1 amide bonds. The molecule has 1 atom stereocenters. The van der Waals surface area contributed by atoms with Crippen molar-refractivity contribution in [2.45, 2.75) is 45.4 Å². The van der Waals surface area contributed by atoms with E-state index >= 15 is 0 Å². The fraction of sp³-hybridized carbons (Fsp3) is 0.378. The van der Waals surface area contributed by atoms with Crippen LogP contribution in [-0.2, 0) is 16.1 Å². The van der Waals surface area contributed by atoms with Gasteiger partial charge in [-0.15, -0.1) is 0 Å². The molecule has 0 unspecified atom stereocenters. The highest BCUT2D eigenvalue weighted by atomic mass is 16.6. The molecular formula is C37H44N2O6. The van der Waals surface area contributed by atoms with Crippen LogP contribution in [0, 0.1) is 0 Å². The fourth-order valence-corrected chi connectivity index (χ4v) is 5.37. The average Bonchev–Trinajstić information content (AvgIpc) is 3.05. The number of nitrogens with zero attached hydrogens (tertiary/aromatic N) is 2. The molecule has 0 spiro atoms. The second-order valence-electron chi connectivity index (χ2n) is 12.2. The van der Waals surface area contributed by atoms with E-state index < -0.39 is 5.60 Å². The van der Waals surface area contributed by atoms with Gasteiger partial charge in [0.1, 0.15) is 29.5 Å². The largest absolute Gasteiger partial charge is 0.496 e. The Bertz CT molecular complexity index is 1530. The highest BCUT2D eigenvalue weighted by Gasteiger charge is 2.32. The molecule has 5 rings (SSSR count). The Morgan fingerprint density at radius 3 is 2.33 bits per heavy atom. The second kappa shape index (κ2) is 15.0. The number of ether oxygens (including phenoxy) is 5. The summed E-state index contributed by atoms with van der Waals surface area (Å²) >= 11 is 0. The topological polar surface area (TPSA) is 69.7 Å². The van der Waals surface area contributed by atoms with Gasteiger partial charge in [-0.05, 0) is 74.0 Å². The summed E-state index contributed by atoms with van der Waals surface area (Å²) in [6.07, 6.45) is 0.478. The lowest BCUT2D eigenvalue weighted by atomic mass is 10.1. The van der Waals surface area contributed by atoms with E-state index in [1.807, 2.05) is 75.4 Å². The Labute approximate surface area is 266 Å². The molecule has 0 radical (unpaired) electrons. The molecule has 8 heteroatoms. The van der Waals surface area contributed by atoms with E-state index in [1.54, 1.807) is 12.0 Å². The molecule has 1 aliphatic rings. The van der Waals surface area contributed by atoms with Crippen LogP contribution < -0.4 is 19.1 Å². The Morgan fingerprint density at radius 2 is 1.56 bits per heavy atom. The van der Waals surface area contributed by atoms with Crippen LogP contribution in [0.3, 0.4) is 0 Å². The number of carbonyl (C=O) groups excluding carboxylic acids is 1. The SMILES string of the molecule is COc1ccccc1COCCCOc1ccc(N2CCN(C(=O)OC(C)(C)C)C[C@@H]2COc2ccc3ccccc3c2)cc1. The summed E-state index contributed by atoms with van der Waals surface area (Å²) in [7, 11) is 1.67. The van der Waals surface area contributed by atoms with Crippen LogP contribution in [-0.4, -0.2) is 69.2 Å². The lowest BCUT2D eigenvalue weighted by molar-refractivity contribution is 0.0201. The third-order valence-corrected chi connectivity index (χ3v) is 7.62. The van der Waals surface area contributed by atoms with E-state index in [-0.39, 0.29) is 12.1 Å². The number of amides is 1. The van der Waals surface area contributed by atoms with Gasteiger partial charge in [-0.3, -0.25) is 0 Å². The van der Waals surface area contributed by atoms with Crippen LogP contribution in [0.1, 0.15) is 32.8 Å². The summed E-state index contributed by atoms with van der Waals surface area (Å²) in [4.78, 5) is 17.0. The molecule has 4 aromatic carbocycles. The van der Waals surface area contributed by atoms with E-state index in [0.29, 0.717) is 46.1 Å². The molecule has 238 valence electrons. The molecule has 1 aliphatic heterocycles. The standard InChI is InChI=1S/C37H44N2O6/c1-37(2,3)45-36(40)38-20-21-39(32(25-38)27-44-34-17-14-28-10-5-6-11-29(28)24-34)31-15-18-33(19-16-31)43-23-9-22-42-26-30-12-7-8-13-35(30)41-4/h5-8,10-19,24,32H,9,20-23,25-27H2,1-4H3/t32-/m1/s1. The Balaban J connectivity index is 1.17. The highest BCUT2D eigenvalue weighted by molar-refractivity contribution is 5.83. The zero-order valence-electron chi connectivity index (χ0n) is 26.7. The summed E-state index contributed by atoms with van der Waals surface area (Å²) in [6.45, 7) is 9.47. The van der Waals surface area contributed by atoms with Crippen molar-refractivity contribution in [3.8, 4) is 17.2 Å². The monoisotopic (exact) mass is 612 g/mol. The summed E-state index contributed by atoms with van der Waals surface area (Å²) in [5.74, 6) is 2.45. The van der Waals surface area contributed by atoms with Crippen molar-refractivity contribution in [2.75, 3.05) is 51.5 Å². The van der Waals surface area contributed by atoms with E-state index in [1.165, 1.54) is 5.39 Å². The maximum absolute atomic E-state index is 12.9. The van der Waals surface area contributed by atoms with Gasteiger partial charge in [-0.25, -0.2) is 4.79 Å². The van der Waals surface area contributed by atoms with Crippen molar-refractivity contribution in [2.24, 2.45) is 0 Å². The van der Waals surface area contributed by atoms with Crippen molar-refractivity contribution < 1.29 is 28.5 Å². The lowest BCUT2D eigenvalue weighted by Crippen LogP contribution is -2.57. The van der Waals surface area contributed by atoms with E-state index in [9.17, 15) is 4.79 Å². The Kier molecular flexibility index (Phi) is 10.7. The number of para-hydroxylation sites is 1. The van der Waals surface area contributed by atoms with Gasteiger partial charge in [0.05, 0.1) is 33.0 Å². The zero-order chi connectivity index (χ0) is 31.6. The smallest absolute Gasteiger partial charge is 0.410 e. The zero-order valence-corrected chi connectivity index (χ0v) is 26.7. The van der Waals surface area contributed by atoms with Crippen molar-refractivity contribution in [1.82, 2.24) is 4.90 Å². The predicted octanol–water partition coefficient (Wildman–Crippen LogP) is 7.34. The molecule has 4 aromatic rings. The minimum atomic E-state index is -0.553. The summed E-state index contributed by atoms with van der Waals surface area (Å²) in [5, 5.41) is 2.30. The van der Waals surface area contributed by atoms with Gasteiger partial charge in [-0.1, -0.05) is 48.5 Å². The third kappa shape index (κ3) is 9.05. The molecular weight excluding hydrogens is 568 g/mol. The predicted molar refractivity (Wildman–Crippen MR) is 178 cm³/mol. The molecule has 0 N–H and O–H groups in total. The van der Waals surface area contributed by atoms with Gasteiger partial charge in [0, 0.05) is 37.3 Å². The molecule has 1 heterocycles. The molecule has 0 aromatic heterocycles. The number of anilines is 1. The van der Waals surface area contributed by atoms with Gasteiger partial charge in [0.2, 0.25) is 0 Å². The number of piperazine rings is 1. The average molecular weight is 613 g/mol. The molecule has 1 saturated heterocycles. The Morgan fingerprint density at radius 1 is 0.822 bits per heavy atom. The molecule has 8 nitrogen and oxygen atoms in total. The number of hydrogen-bond donors (Lipinski definition) is 0. The first kappa shape index (κ1) is 32.0. The maximum Gasteiger partial charge on any atom is 0.410 e. The number of carbonyl (C=O) groups is 1. The van der Waals surface area contributed by atoms with Gasteiger partial charge in [-0.2, -0.15) is 0 Å². The minimum Gasteiger partial charge on any atom is -0.496 e. The van der Waals surface area contributed by atoms with Gasteiger partial charge in [0.25, 0.3) is 0 Å². The number of rotatable bonds is 12. The number of benzene rings is 4. The fourth-order valence-electron chi connectivity index (χ4n) is 5.37. The summed E-state index contributed by atoms with van der Waals surface area (Å²) in [6, 6.07) is 30.3. The first-order valence-electron chi connectivity index (χ1n) is 15.6. The minimum absolute atomic E-state index is 0.0649. The van der Waals surface area contributed by atoms with Gasteiger partial charge >= 0.3 is 6.09 Å². The molecule has 0 aliphatic carbocycles. The normalized spacial score (nSPS) is 15.2. The van der Waals surface area contributed by atoms with Crippen LogP contribution in [0.2, 0.25) is 0 Å². The van der Waals surface area contributed by atoms with Crippen LogP contribution in [0.5, 0.6) is 17.2 Å². The van der Waals surface area contributed by atoms with Gasteiger partial charge < -0.3 is 33.5 Å². The molecule has 0 saturated carbocycles. The van der Waals surface area contributed by atoms with Crippen molar-refractivity contribution in [1.29, 1.82) is 0 Å². The van der Waals surface area contributed by atoms with E-state index in [2.05, 4.69) is 41.3 Å². The number of fused-ring (bicyclic) bond motifs is 1. The van der Waals surface area contributed by atoms with Gasteiger partial charge in [0.15, 0.2) is 0 Å². The van der Waals surface area contributed by atoms with E-state index in [4.69, 9.17) is 23.7 Å². The quantitative estimate of drug-likeness (QED) is 0.155. The number of methoxy groups -OCH3 is 1. The first-order valence-corrected chi connectivity index (χ1v) is 15.6. The first-order chi connectivity index (χ1) is 21.8. The summed E-state index contributed by atoms with van der Waals surface area (Å²) in [5.41, 5.74) is 1.53. The van der Waals surface area contributed by atoms with Crippen LogP contribution in [0.15, 0.2) is 91.0 Å². The van der Waals surface area contributed by atoms with E-state index in [0.717, 1.165) is 40.3 Å². The summed E-state index contributed by atoms with van der Waals surface area (Å²) < 4.78 is 29.2. The Hall–Kier alpha value is -4.43. The highest BCUT2D eigenvalue weighted by Crippen LogP contribution is 2.27. The van der Waals surface area contributed by atoms with Crippen molar-refractivity contribution in [3.63, 3.8) is 0 Å². The molecule has 45 heavy (non-hydrogen) atoms. The van der Waals surface area contributed by atoms with Crippen LogP contribution in [0.25, 0.3) is 10.8 Å². The van der Waals surface area contributed by atoms with Crippen LogP contribution in [0.4, 0.5) is 10.5 Å².